The predicted octanol–water partition coefficient (Wildman–Crippen LogP) is -0.538. The van der Waals surface area contributed by atoms with Crippen LogP contribution in [0.5, 0.6) is 0 Å². The fourth-order valence-corrected chi connectivity index (χ4v) is 1.23. The minimum Gasteiger partial charge on any atom is -0.393 e. The zero-order valence-electron chi connectivity index (χ0n) is 7.78. The van der Waals surface area contributed by atoms with Gasteiger partial charge in [0.15, 0.2) is 6.10 Å². The lowest BCUT2D eigenvalue weighted by atomic mass is 9.98. The maximum absolute atomic E-state index is 10.7. The van der Waals surface area contributed by atoms with Gasteiger partial charge in [-0.25, -0.2) is 0 Å². The second-order valence-corrected chi connectivity index (χ2v) is 3.05. The Labute approximate surface area is 85.6 Å². The predicted molar refractivity (Wildman–Crippen MR) is 50.4 cm³/mol. The molecule has 0 aliphatic rings. The van der Waals surface area contributed by atoms with E-state index in [2.05, 4.69) is 0 Å². The van der Waals surface area contributed by atoms with Crippen molar-refractivity contribution < 1.29 is 20.2 Å². The summed E-state index contributed by atoms with van der Waals surface area (Å²) in [7, 11) is 0. The summed E-state index contributed by atoms with van der Waals surface area (Å²) in [5.74, 6) is 0. The first kappa shape index (κ1) is 11.6. The first-order chi connectivity index (χ1) is 7.03. The third-order valence-corrected chi connectivity index (χ3v) is 2.11. The van der Waals surface area contributed by atoms with E-state index in [0.29, 0.717) is 0 Å². The Kier molecular flexibility index (Phi) is 3.35. The number of benzene rings is 1. The molecule has 0 aliphatic carbocycles. The second-order valence-electron chi connectivity index (χ2n) is 3.05. The van der Waals surface area contributed by atoms with Crippen molar-refractivity contribution in [3.63, 3.8) is 0 Å². The topological polar surface area (TPSA) is 104 Å². The molecule has 1 aromatic carbocycles. The van der Waals surface area contributed by atoms with E-state index < -0.39 is 23.4 Å². The molecule has 82 valence electrons. The van der Waals surface area contributed by atoms with Gasteiger partial charge in [-0.1, -0.05) is 18.2 Å². The van der Waals surface area contributed by atoms with Crippen LogP contribution in [0, 0.1) is 10.1 Å². The number of aliphatic hydroxyl groups excluding tert-OH is 2. The lowest BCUT2D eigenvalue weighted by Crippen LogP contribution is -2.48. The molecule has 0 bridgehead atoms. The molecule has 15 heavy (non-hydrogen) atoms. The fraction of sp³-hybridized carbons (Fsp3) is 0.333. The van der Waals surface area contributed by atoms with E-state index in [1.165, 1.54) is 24.3 Å². The van der Waals surface area contributed by atoms with Crippen LogP contribution in [0.15, 0.2) is 30.3 Å². The zero-order chi connectivity index (χ0) is 11.5. The number of hydrogen-bond donors (Lipinski definition) is 3. The minimum atomic E-state index is -2.67. The van der Waals surface area contributed by atoms with Crippen LogP contribution in [0.4, 0.5) is 0 Å². The number of aliphatic hydroxyl groups is 3. The van der Waals surface area contributed by atoms with E-state index in [0.717, 1.165) is 0 Å². The third-order valence-electron chi connectivity index (χ3n) is 2.11. The summed E-state index contributed by atoms with van der Waals surface area (Å²) in [4.78, 5) is 9.68. The Morgan fingerprint density at radius 3 is 2.33 bits per heavy atom. The summed E-state index contributed by atoms with van der Waals surface area (Å²) in [6.45, 7) is -0.896. The first-order valence-corrected chi connectivity index (χ1v) is 4.24. The molecule has 2 unspecified atom stereocenters. The van der Waals surface area contributed by atoms with Gasteiger partial charge in [-0.2, -0.15) is 0 Å². The van der Waals surface area contributed by atoms with Crippen LogP contribution in [0.2, 0.25) is 0 Å². The van der Waals surface area contributed by atoms with Gasteiger partial charge < -0.3 is 15.3 Å². The lowest BCUT2D eigenvalue weighted by molar-refractivity contribution is -0.650. The van der Waals surface area contributed by atoms with Crippen LogP contribution in [0.1, 0.15) is 5.56 Å². The standard InChI is InChI=1S/C9H11NO5/c11-6-8(12)9(13,10(14)15)7-4-2-1-3-5-7/h1-5,8,11-13H,6H2. The van der Waals surface area contributed by atoms with Crippen LogP contribution in [0.3, 0.4) is 0 Å². The van der Waals surface area contributed by atoms with Gasteiger partial charge in [-0.15, -0.1) is 0 Å². The molecule has 0 heterocycles. The molecule has 0 fully saturated rings. The molecule has 0 spiro atoms. The number of rotatable bonds is 4. The quantitative estimate of drug-likeness (QED) is 0.354. The molecule has 0 amide bonds. The van der Waals surface area contributed by atoms with Crippen LogP contribution in [0.25, 0.3) is 0 Å². The molecule has 2 atom stereocenters. The maximum atomic E-state index is 10.7. The smallest absolute Gasteiger partial charge is 0.377 e. The summed E-state index contributed by atoms with van der Waals surface area (Å²) in [5.41, 5.74) is -2.74. The van der Waals surface area contributed by atoms with Crippen molar-refractivity contribution in [1.29, 1.82) is 0 Å². The van der Waals surface area contributed by atoms with Crippen molar-refractivity contribution in [2.45, 2.75) is 11.8 Å². The van der Waals surface area contributed by atoms with Gasteiger partial charge in [0.2, 0.25) is 0 Å². The van der Waals surface area contributed by atoms with Gasteiger partial charge in [0, 0.05) is 0 Å². The largest absolute Gasteiger partial charge is 0.393 e. The molecule has 0 aliphatic heterocycles. The first-order valence-electron chi connectivity index (χ1n) is 4.24. The molecule has 0 saturated heterocycles. The van der Waals surface area contributed by atoms with Crippen LogP contribution in [-0.4, -0.2) is 33.0 Å². The van der Waals surface area contributed by atoms with Gasteiger partial charge in [-0.3, -0.25) is 10.1 Å². The molecular formula is C9H11NO5. The van der Waals surface area contributed by atoms with Crippen molar-refractivity contribution in [2.75, 3.05) is 6.61 Å². The van der Waals surface area contributed by atoms with Gasteiger partial charge in [0.05, 0.1) is 17.1 Å². The summed E-state index contributed by atoms with van der Waals surface area (Å²) in [6.07, 6.45) is -1.87. The highest BCUT2D eigenvalue weighted by atomic mass is 16.7. The van der Waals surface area contributed by atoms with Crippen LogP contribution < -0.4 is 0 Å². The molecule has 0 saturated carbocycles. The average molecular weight is 213 g/mol. The van der Waals surface area contributed by atoms with E-state index in [1.807, 2.05) is 0 Å². The molecule has 6 nitrogen and oxygen atoms in total. The molecular weight excluding hydrogens is 202 g/mol. The molecule has 3 N–H and O–H groups in total. The maximum Gasteiger partial charge on any atom is 0.377 e. The Morgan fingerprint density at radius 2 is 1.93 bits per heavy atom. The fourth-order valence-electron chi connectivity index (χ4n) is 1.23. The van der Waals surface area contributed by atoms with Gasteiger partial charge >= 0.3 is 5.72 Å². The van der Waals surface area contributed by atoms with Crippen molar-refractivity contribution in [2.24, 2.45) is 0 Å². The number of nitrogens with zero attached hydrogens (tertiary/aromatic N) is 1. The van der Waals surface area contributed by atoms with E-state index in [-0.39, 0.29) is 5.56 Å². The minimum absolute atomic E-state index is 0.0726. The van der Waals surface area contributed by atoms with E-state index in [9.17, 15) is 20.3 Å². The summed E-state index contributed by atoms with van der Waals surface area (Å²) >= 11 is 0. The molecule has 6 heteroatoms. The summed E-state index contributed by atoms with van der Waals surface area (Å²) < 4.78 is 0. The van der Waals surface area contributed by atoms with Crippen molar-refractivity contribution in [3.05, 3.63) is 46.0 Å². The third kappa shape index (κ3) is 1.96. The normalized spacial score (nSPS) is 16.7. The molecule has 1 rings (SSSR count). The number of hydrogen-bond acceptors (Lipinski definition) is 5. The highest BCUT2D eigenvalue weighted by Gasteiger charge is 2.49. The van der Waals surface area contributed by atoms with Crippen molar-refractivity contribution in [1.82, 2.24) is 0 Å². The SMILES string of the molecule is O=[N+]([O-])C(O)(c1ccccc1)C(O)CO. The van der Waals surface area contributed by atoms with Gasteiger partial charge in [0.1, 0.15) is 0 Å². The van der Waals surface area contributed by atoms with Crippen LogP contribution >= 0.6 is 0 Å². The zero-order valence-corrected chi connectivity index (χ0v) is 7.78. The monoisotopic (exact) mass is 213 g/mol. The molecule has 0 radical (unpaired) electrons. The Morgan fingerprint density at radius 1 is 1.40 bits per heavy atom. The summed E-state index contributed by atoms with van der Waals surface area (Å²) in [5, 5.41) is 38.4. The van der Waals surface area contributed by atoms with Gasteiger partial charge in [-0.05, 0) is 12.1 Å². The lowest BCUT2D eigenvalue weighted by Gasteiger charge is -2.23. The van der Waals surface area contributed by atoms with Gasteiger partial charge in [0.25, 0.3) is 0 Å². The Balaban J connectivity index is 3.19. The van der Waals surface area contributed by atoms with Crippen molar-refractivity contribution in [3.8, 4) is 0 Å². The highest BCUT2D eigenvalue weighted by Crippen LogP contribution is 2.25. The Hall–Kier alpha value is -1.50. The number of nitro groups is 1. The van der Waals surface area contributed by atoms with E-state index in [4.69, 9.17) is 5.11 Å². The summed E-state index contributed by atoms with van der Waals surface area (Å²) in [6, 6.07) is 7.22. The van der Waals surface area contributed by atoms with E-state index >= 15 is 0 Å². The highest BCUT2D eigenvalue weighted by molar-refractivity contribution is 5.20. The molecule has 1 aromatic rings. The van der Waals surface area contributed by atoms with E-state index in [1.54, 1.807) is 6.07 Å². The Bertz CT molecular complexity index is 342. The van der Waals surface area contributed by atoms with Crippen molar-refractivity contribution >= 4 is 0 Å². The second kappa shape index (κ2) is 4.35. The average Bonchev–Trinajstić information content (AvgIpc) is 2.27. The van der Waals surface area contributed by atoms with Crippen LogP contribution in [-0.2, 0) is 5.72 Å². The molecule has 0 aromatic heterocycles.